The number of nitrogens with one attached hydrogen (secondary N) is 1. The molecule has 0 bridgehead atoms. The van der Waals surface area contributed by atoms with Crippen molar-refractivity contribution in [3.05, 3.63) is 35.1 Å². The summed E-state index contributed by atoms with van der Waals surface area (Å²) >= 11 is 0. The molecule has 1 saturated carbocycles. The number of halogens is 1. The van der Waals surface area contributed by atoms with Gasteiger partial charge in [0.05, 0.1) is 0 Å². The summed E-state index contributed by atoms with van der Waals surface area (Å²) in [5, 5.41) is 0. The van der Waals surface area contributed by atoms with E-state index in [-0.39, 0.29) is 11.9 Å². The van der Waals surface area contributed by atoms with Gasteiger partial charge in [0.2, 0.25) is 0 Å². The Morgan fingerprint density at radius 3 is 2.53 bits per heavy atom. The van der Waals surface area contributed by atoms with Crippen LogP contribution >= 0.6 is 0 Å². The maximum atomic E-state index is 13.6. The van der Waals surface area contributed by atoms with Crippen LogP contribution in [0, 0.1) is 30.5 Å². The maximum Gasteiger partial charge on any atom is 0.123 e. The molecule has 19 heavy (non-hydrogen) atoms. The Bertz CT molecular complexity index is 413. The number of hydrazine groups is 1. The molecule has 3 N–H and O–H groups in total. The second-order valence-electron chi connectivity index (χ2n) is 6.23. The van der Waals surface area contributed by atoms with Crippen molar-refractivity contribution in [3.63, 3.8) is 0 Å². The van der Waals surface area contributed by atoms with Crippen LogP contribution < -0.4 is 11.3 Å². The number of hydrogen-bond donors (Lipinski definition) is 2. The van der Waals surface area contributed by atoms with E-state index in [1.807, 2.05) is 13.0 Å². The Balaban J connectivity index is 2.19. The van der Waals surface area contributed by atoms with E-state index in [0.29, 0.717) is 11.8 Å². The minimum Gasteiger partial charge on any atom is -0.271 e. The van der Waals surface area contributed by atoms with Crippen molar-refractivity contribution in [2.24, 2.45) is 23.6 Å². The summed E-state index contributed by atoms with van der Waals surface area (Å²) in [6, 6.07) is 5.27. The second-order valence-corrected chi connectivity index (χ2v) is 6.23. The van der Waals surface area contributed by atoms with Crippen LogP contribution in [0.5, 0.6) is 0 Å². The first-order valence-electron chi connectivity index (χ1n) is 7.24. The third kappa shape index (κ3) is 3.34. The highest BCUT2D eigenvalue weighted by atomic mass is 19.1. The van der Waals surface area contributed by atoms with Crippen molar-refractivity contribution < 1.29 is 4.39 Å². The molecule has 0 radical (unpaired) electrons. The Kier molecular flexibility index (Phi) is 4.58. The van der Waals surface area contributed by atoms with Crippen LogP contribution in [-0.4, -0.2) is 0 Å². The Hall–Kier alpha value is -0.930. The van der Waals surface area contributed by atoms with Crippen LogP contribution in [0.4, 0.5) is 4.39 Å². The molecular formula is C16H25FN2. The van der Waals surface area contributed by atoms with E-state index in [1.54, 1.807) is 12.1 Å². The Morgan fingerprint density at radius 2 is 1.95 bits per heavy atom. The molecule has 0 aliphatic heterocycles. The smallest absolute Gasteiger partial charge is 0.123 e. The fourth-order valence-electron chi connectivity index (χ4n) is 3.34. The highest BCUT2D eigenvalue weighted by Gasteiger charge is 2.30. The lowest BCUT2D eigenvalue weighted by molar-refractivity contribution is 0.171. The monoisotopic (exact) mass is 264 g/mol. The highest BCUT2D eigenvalue weighted by Crippen LogP contribution is 2.39. The first-order valence-corrected chi connectivity index (χ1v) is 7.24. The van der Waals surface area contributed by atoms with Gasteiger partial charge in [0, 0.05) is 6.04 Å². The quantitative estimate of drug-likeness (QED) is 0.645. The van der Waals surface area contributed by atoms with Gasteiger partial charge in [-0.15, -0.1) is 0 Å². The largest absolute Gasteiger partial charge is 0.271 e. The number of benzene rings is 1. The van der Waals surface area contributed by atoms with Gasteiger partial charge in [-0.25, -0.2) is 4.39 Å². The molecule has 106 valence electrons. The van der Waals surface area contributed by atoms with Gasteiger partial charge in [-0.1, -0.05) is 26.3 Å². The van der Waals surface area contributed by atoms with E-state index < -0.39 is 0 Å². The van der Waals surface area contributed by atoms with Crippen molar-refractivity contribution in [1.29, 1.82) is 0 Å². The molecule has 1 aromatic rings. The lowest BCUT2D eigenvalue weighted by Crippen LogP contribution is -2.37. The summed E-state index contributed by atoms with van der Waals surface area (Å²) in [5.74, 6) is 7.56. The molecule has 2 rings (SSSR count). The average Bonchev–Trinajstić information content (AvgIpc) is 2.33. The molecule has 0 saturated heterocycles. The van der Waals surface area contributed by atoms with E-state index in [4.69, 9.17) is 5.84 Å². The lowest BCUT2D eigenvalue weighted by Gasteiger charge is -2.36. The average molecular weight is 264 g/mol. The number of nitrogens with two attached hydrogens (primary N) is 1. The van der Waals surface area contributed by atoms with Gasteiger partial charge < -0.3 is 0 Å². The number of aryl methyl sites for hydroxylation is 1. The zero-order valence-corrected chi connectivity index (χ0v) is 12.1. The Labute approximate surface area is 115 Å². The van der Waals surface area contributed by atoms with Crippen LogP contribution in [0.15, 0.2) is 18.2 Å². The molecule has 4 unspecified atom stereocenters. The molecule has 3 heteroatoms. The molecule has 4 atom stereocenters. The molecule has 0 heterocycles. The summed E-state index contributed by atoms with van der Waals surface area (Å²) in [6.07, 6.45) is 3.56. The minimum absolute atomic E-state index is 0.0596. The third-order valence-electron chi connectivity index (χ3n) is 4.71. The van der Waals surface area contributed by atoms with Crippen LogP contribution in [-0.2, 0) is 0 Å². The molecule has 0 aromatic heterocycles. The van der Waals surface area contributed by atoms with Crippen LogP contribution in [0.1, 0.15) is 50.3 Å². The zero-order valence-electron chi connectivity index (χ0n) is 12.1. The van der Waals surface area contributed by atoms with Crippen LogP contribution in [0.2, 0.25) is 0 Å². The second kappa shape index (κ2) is 6.02. The van der Waals surface area contributed by atoms with Gasteiger partial charge in [0.15, 0.2) is 0 Å². The van der Waals surface area contributed by atoms with E-state index in [2.05, 4.69) is 19.3 Å². The van der Waals surface area contributed by atoms with Gasteiger partial charge in [0.1, 0.15) is 5.82 Å². The lowest BCUT2D eigenvalue weighted by atomic mass is 9.72. The highest BCUT2D eigenvalue weighted by molar-refractivity contribution is 5.26. The summed E-state index contributed by atoms with van der Waals surface area (Å²) < 4.78 is 13.6. The summed E-state index contributed by atoms with van der Waals surface area (Å²) in [4.78, 5) is 0. The fraction of sp³-hybridized carbons (Fsp3) is 0.625. The van der Waals surface area contributed by atoms with Crippen molar-refractivity contribution in [2.45, 2.75) is 46.1 Å². The van der Waals surface area contributed by atoms with Gasteiger partial charge >= 0.3 is 0 Å². The van der Waals surface area contributed by atoms with Crippen molar-refractivity contribution in [1.82, 2.24) is 5.43 Å². The minimum atomic E-state index is -0.174. The standard InChI is InChI=1S/C16H25FN2/c1-10-6-14(9-15(17)7-10)16(19-18)13-5-4-11(2)12(3)8-13/h6-7,9,11-13,16,19H,4-5,8,18H2,1-3H3. The van der Waals surface area contributed by atoms with Gasteiger partial charge in [0.25, 0.3) is 0 Å². The molecule has 1 fully saturated rings. The van der Waals surface area contributed by atoms with E-state index in [0.717, 1.165) is 29.9 Å². The molecule has 0 amide bonds. The fourth-order valence-corrected chi connectivity index (χ4v) is 3.34. The third-order valence-corrected chi connectivity index (χ3v) is 4.71. The van der Waals surface area contributed by atoms with E-state index in [1.165, 1.54) is 6.42 Å². The first-order chi connectivity index (χ1) is 9.01. The SMILES string of the molecule is Cc1cc(F)cc(C(NN)C2CCC(C)C(C)C2)c1. The molecular weight excluding hydrogens is 239 g/mol. The summed E-state index contributed by atoms with van der Waals surface area (Å²) in [6.45, 7) is 6.55. The summed E-state index contributed by atoms with van der Waals surface area (Å²) in [5.41, 5.74) is 4.84. The number of rotatable bonds is 3. The van der Waals surface area contributed by atoms with E-state index in [9.17, 15) is 4.39 Å². The zero-order chi connectivity index (χ0) is 14.0. The Morgan fingerprint density at radius 1 is 1.21 bits per heavy atom. The summed E-state index contributed by atoms with van der Waals surface area (Å²) in [7, 11) is 0. The normalized spacial score (nSPS) is 29.2. The molecule has 1 aliphatic rings. The van der Waals surface area contributed by atoms with Crippen molar-refractivity contribution in [2.75, 3.05) is 0 Å². The van der Waals surface area contributed by atoms with Gasteiger partial charge in [-0.3, -0.25) is 11.3 Å². The molecule has 1 aromatic carbocycles. The maximum absolute atomic E-state index is 13.6. The number of hydrogen-bond acceptors (Lipinski definition) is 2. The van der Waals surface area contributed by atoms with Crippen molar-refractivity contribution in [3.8, 4) is 0 Å². The predicted octanol–water partition coefficient (Wildman–Crippen LogP) is 3.71. The van der Waals surface area contributed by atoms with Crippen molar-refractivity contribution >= 4 is 0 Å². The predicted molar refractivity (Wildman–Crippen MR) is 76.9 cm³/mol. The topological polar surface area (TPSA) is 38.0 Å². The molecule has 2 nitrogen and oxygen atoms in total. The van der Waals surface area contributed by atoms with Crippen LogP contribution in [0.3, 0.4) is 0 Å². The van der Waals surface area contributed by atoms with Crippen LogP contribution in [0.25, 0.3) is 0 Å². The molecule has 0 spiro atoms. The van der Waals surface area contributed by atoms with Gasteiger partial charge in [-0.05, 0) is 60.8 Å². The molecule has 1 aliphatic carbocycles. The van der Waals surface area contributed by atoms with Gasteiger partial charge in [-0.2, -0.15) is 0 Å². The first kappa shape index (κ1) is 14.5. The van der Waals surface area contributed by atoms with E-state index >= 15 is 0 Å².